The maximum absolute atomic E-state index is 9.45. The number of benzene rings is 2. The highest BCUT2D eigenvalue weighted by Crippen LogP contribution is 2.36. The highest BCUT2D eigenvalue weighted by Gasteiger charge is 2.22. The molecule has 1 fully saturated rings. The molecule has 2 unspecified atom stereocenters. The van der Waals surface area contributed by atoms with Gasteiger partial charge >= 0.3 is 0 Å². The molecule has 1 aliphatic rings. The summed E-state index contributed by atoms with van der Waals surface area (Å²) in [6.45, 7) is 2.37. The van der Waals surface area contributed by atoms with Gasteiger partial charge in [-0.15, -0.1) is 0 Å². The number of nitrogens with zero attached hydrogens (tertiary/aromatic N) is 2. The fourth-order valence-electron chi connectivity index (χ4n) is 4.21. The van der Waals surface area contributed by atoms with Gasteiger partial charge in [0.15, 0.2) is 0 Å². The fraction of sp³-hybridized carbons (Fsp3) is 0.409. The van der Waals surface area contributed by atoms with Gasteiger partial charge in [0.2, 0.25) is 0 Å². The Labute approximate surface area is 149 Å². The second-order valence-corrected chi connectivity index (χ2v) is 7.46. The van der Waals surface area contributed by atoms with Crippen molar-refractivity contribution in [3.8, 4) is 11.1 Å². The van der Waals surface area contributed by atoms with Gasteiger partial charge in [0.1, 0.15) is 5.82 Å². The van der Waals surface area contributed by atoms with E-state index in [1.54, 1.807) is 0 Å². The van der Waals surface area contributed by atoms with E-state index >= 15 is 0 Å². The molecule has 1 aliphatic carbocycles. The lowest BCUT2D eigenvalue weighted by molar-refractivity contribution is 0.180. The number of fused-ring (bicyclic) bond motifs is 1. The zero-order valence-electron chi connectivity index (χ0n) is 15.1. The van der Waals surface area contributed by atoms with E-state index in [0.29, 0.717) is 18.4 Å². The average Bonchev–Trinajstić information content (AvgIpc) is 2.95. The Bertz CT molecular complexity index is 879. The molecule has 1 saturated carbocycles. The maximum atomic E-state index is 9.45. The number of imidazole rings is 1. The van der Waals surface area contributed by atoms with Crippen LogP contribution in [0.5, 0.6) is 0 Å². The van der Waals surface area contributed by atoms with Crippen molar-refractivity contribution in [2.75, 3.05) is 6.61 Å². The Morgan fingerprint density at radius 2 is 1.84 bits per heavy atom. The summed E-state index contributed by atoms with van der Waals surface area (Å²) >= 11 is 0. The summed E-state index contributed by atoms with van der Waals surface area (Å²) in [4.78, 5) is 4.65. The van der Waals surface area contributed by atoms with E-state index in [1.807, 2.05) is 6.92 Å². The van der Waals surface area contributed by atoms with Crippen LogP contribution in [0.15, 0.2) is 42.5 Å². The van der Waals surface area contributed by atoms with Crippen LogP contribution < -0.4 is 0 Å². The van der Waals surface area contributed by atoms with Crippen LogP contribution in [0, 0.1) is 12.8 Å². The summed E-state index contributed by atoms with van der Waals surface area (Å²) in [6, 6.07) is 15.5. The standard InChI is InChI=1S/C22H26N2O/c1-15-23-21-13-20(10-11-22(21)24(15)2)18-8-6-17(7-9-18)19-5-3-4-16(12-19)14-25/h6-11,13,16,19,25H,3-5,12,14H2,1-2H3. The predicted molar refractivity (Wildman–Crippen MR) is 103 cm³/mol. The van der Waals surface area contributed by atoms with Gasteiger partial charge < -0.3 is 9.67 Å². The average molecular weight is 334 g/mol. The second kappa shape index (κ2) is 6.64. The van der Waals surface area contributed by atoms with E-state index in [0.717, 1.165) is 17.8 Å². The van der Waals surface area contributed by atoms with Crippen molar-refractivity contribution in [1.29, 1.82) is 0 Å². The van der Waals surface area contributed by atoms with Crippen LogP contribution in [0.3, 0.4) is 0 Å². The molecule has 0 spiro atoms. The predicted octanol–water partition coefficient (Wildman–Crippen LogP) is 4.81. The summed E-state index contributed by atoms with van der Waals surface area (Å²) < 4.78 is 2.13. The summed E-state index contributed by atoms with van der Waals surface area (Å²) in [5.41, 5.74) is 6.10. The summed E-state index contributed by atoms with van der Waals surface area (Å²) in [5, 5.41) is 9.45. The van der Waals surface area contributed by atoms with Gasteiger partial charge in [-0.25, -0.2) is 4.98 Å². The molecule has 1 N–H and O–H groups in total. The minimum absolute atomic E-state index is 0.331. The quantitative estimate of drug-likeness (QED) is 0.746. The van der Waals surface area contributed by atoms with Crippen molar-refractivity contribution in [3.05, 3.63) is 53.9 Å². The summed E-state index contributed by atoms with van der Waals surface area (Å²) in [5.74, 6) is 2.12. The number of aryl methyl sites for hydroxylation is 2. The monoisotopic (exact) mass is 334 g/mol. The van der Waals surface area contributed by atoms with Gasteiger partial charge in [-0.05, 0) is 66.8 Å². The molecule has 1 heterocycles. The third-order valence-electron chi connectivity index (χ3n) is 5.86. The first kappa shape index (κ1) is 16.3. The minimum atomic E-state index is 0.331. The van der Waals surface area contributed by atoms with E-state index in [1.165, 1.54) is 41.5 Å². The smallest absolute Gasteiger partial charge is 0.106 e. The molecule has 3 aromatic rings. The SMILES string of the molecule is Cc1nc2cc(-c3ccc(C4CCCC(CO)C4)cc3)ccc2n1C. The van der Waals surface area contributed by atoms with Crippen molar-refractivity contribution in [2.24, 2.45) is 13.0 Å². The lowest BCUT2D eigenvalue weighted by atomic mass is 9.78. The molecule has 0 radical (unpaired) electrons. The first-order valence-electron chi connectivity index (χ1n) is 9.30. The van der Waals surface area contributed by atoms with Gasteiger partial charge in [-0.2, -0.15) is 0 Å². The minimum Gasteiger partial charge on any atom is -0.396 e. The Morgan fingerprint density at radius 3 is 2.60 bits per heavy atom. The molecular weight excluding hydrogens is 308 g/mol. The normalized spacial score (nSPS) is 20.9. The van der Waals surface area contributed by atoms with E-state index in [-0.39, 0.29) is 0 Å². The number of hydrogen-bond donors (Lipinski definition) is 1. The molecule has 130 valence electrons. The maximum Gasteiger partial charge on any atom is 0.106 e. The Kier molecular flexibility index (Phi) is 4.34. The van der Waals surface area contributed by atoms with Crippen molar-refractivity contribution >= 4 is 11.0 Å². The molecule has 0 aliphatic heterocycles. The summed E-state index contributed by atoms with van der Waals surface area (Å²) in [7, 11) is 2.06. The molecular formula is C22H26N2O. The molecule has 25 heavy (non-hydrogen) atoms. The first-order chi connectivity index (χ1) is 12.2. The van der Waals surface area contributed by atoms with Gasteiger partial charge in [0.25, 0.3) is 0 Å². The molecule has 2 aromatic carbocycles. The largest absolute Gasteiger partial charge is 0.396 e. The van der Waals surface area contributed by atoms with E-state index in [4.69, 9.17) is 0 Å². The summed E-state index contributed by atoms with van der Waals surface area (Å²) in [6.07, 6.45) is 4.77. The van der Waals surface area contributed by atoms with E-state index in [9.17, 15) is 5.11 Å². The molecule has 2 atom stereocenters. The molecule has 3 nitrogen and oxygen atoms in total. The highest BCUT2D eigenvalue weighted by molar-refractivity contribution is 5.82. The van der Waals surface area contributed by atoms with E-state index in [2.05, 4.69) is 59.1 Å². The van der Waals surface area contributed by atoms with Crippen LogP contribution in [-0.4, -0.2) is 21.3 Å². The topological polar surface area (TPSA) is 38.1 Å². The van der Waals surface area contributed by atoms with E-state index < -0.39 is 0 Å². The molecule has 3 heteroatoms. The van der Waals surface area contributed by atoms with Crippen LogP contribution in [0.4, 0.5) is 0 Å². The number of aliphatic hydroxyl groups excluding tert-OH is 1. The zero-order valence-corrected chi connectivity index (χ0v) is 15.1. The number of aromatic nitrogens is 2. The second-order valence-electron chi connectivity index (χ2n) is 7.46. The molecule has 1 aromatic heterocycles. The van der Waals surface area contributed by atoms with Crippen molar-refractivity contribution < 1.29 is 5.11 Å². The fourth-order valence-corrected chi connectivity index (χ4v) is 4.21. The van der Waals surface area contributed by atoms with Crippen LogP contribution in [0.25, 0.3) is 22.2 Å². The highest BCUT2D eigenvalue weighted by atomic mass is 16.3. The Hall–Kier alpha value is -2.13. The lowest BCUT2D eigenvalue weighted by Crippen LogP contribution is -2.17. The van der Waals surface area contributed by atoms with Crippen molar-refractivity contribution in [2.45, 2.75) is 38.5 Å². The first-order valence-corrected chi connectivity index (χ1v) is 9.30. The van der Waals surface area contributed by atoms with Crippen molar-refractivity contribution in [3.63, 3.8) is 0 Å². The van der Waals surface area contributed by atoms with Crippen molar-refractivity contribution in [1.82, 2.24) is 9.55 Å². The van der Waals surface area contributed by atoms with Crippen LogP contribution in [-0.2, 0) is 7.05 Å². The molecule has 0 bridgehead atoms. The lowest BCUT2D eigenvalue weighted by Gasteiger charge is -2.28. The molecule has 0 saturated heterocycles. The molecule has 0 amide bonds. The zero-order chi connectivity index (χ0) is 17.4. The van der Waals surface area contributed by atoms with Gasteiger partial charge in [-0.3, -0.25) is 0 Å². The Morgan fingerprint density at radius 1 is 1.08 bits per heavy atom. The molecule has 4 rings (SSSR count). The van der Waals surface area contributed by atoms with Gasteiger partial charge in [0.05, 0.1) is 11.0 Å². The number of rotatable bonds is 3. The van der Waals surface area contributed by atoms with Gasteiger partial charge in [0, 0.05) is 13.7 Å². The van der Waals surface area contributed by atoms with Gasteiger partial charge in [-0.1, -0.05) is 36.8 Å². The third kappa shape index (κ3) is 3.09. The number of hydrogen-bond acceptors (Lipinski definition) is 2. The third-order valence-corrected chi connectivity index (χ3v) is 5.86. The van der Waals surface area contributed by atoms with Crippen LogP contribution in [0.2, 0.25) is 0 Å². The van der Waals surface area contributed by atoms with Crippen LogP contribution in [0.1, 0.15) is 43.0 Å². The Balaban J connectivity index is 1.59. The van der Waals surface area contributed by atoms with Crippen LogP contribution >= 0.6 is 0 Å². The number of aliphatic hydroxyl groups is 1.